The Labute approximate surface area is 166 Å². The number of hydrogen-bond acceptors (Lipinski definition) is 4. The number of hydrogen-bond donors (Lipinski definition) is 2. The number of amides is 1. The lowest BCUT2D eigenvalue weighted by Gasteiger charge is -2.18. The van der Waals surface area contributed by atoms with Crippen LogP contribution in [0.25, 0.3) is 0 Å². The van der Waals surface area contributed by atoms with E-state index in [1.807, 2.05) is 49.4 Å². The van der Waals surface area contributed by atoms with E-state index in [-0.39, 0.29) is 18.6 Å². The molecule has 0 saturated heterocycles. The Morgan fingerprint density at radius 2 is 1.85 bits per heavy atom. The van der Waals surface area contributed by atoms with Crippen LogP contribution in [0.15, 0.2) is 42.5 Å². The lowest BCUT2D eigenvalue weighted by atomic mass is 10.0. The van der Waals surface area contributed by atoms with Crippen molar-refractivity contribution in [1.82, 2.24) is 10.6 Å². The van der Waals surface area contributed by atoms with Crippen molar-refractivity contribution in [2.45, 2.75) is 32.9 Å². The summed E-state index contributed by atoms with van der Waals surface area (Å²) in [6, 6.07) is 13.9. The Morgan fingerprint density at radius 1 is 1.11 bits per heavy atom. The fourth-order valence-corrected chi connectivity index (χ4v) is 2.89. The summed E-state index contributed by atoms with van der Waals surface area (Å²) in [5.41, 5.74) is 2.28. The molecular weight excluding hydrogens is 364 g/mol. The molecule has 0 aliphatic heterocycles. The van der Waals surface area contributed by atoms with Crippen molar-refractivity contribution in [2.24, 2.45) is 0 Å². The zero-order valence-corrected chi connectivity index (χ0v) is 16.8. The second-order valence-corrected chi connectivity index (χ2v) is 6.56. The van der Waals surface area contributed by atoms with Gasteiger partial charge in [0.05, 0.1) is 7.11 Å². The standard InChI is InChI=1S/C21H27ClN2O3/c1-4-18(16-7-9-17(22)10-8-16)24-13-15-6-11-19(20(12-15)26-3)27-14-21(25)23-5-2/h6-12,18,24H,4-5,13-14H2,1-3H3,(H,23,25). The average Bonchev–Trinajstić information content (AvgIpc) is 2.68. The van der Waals surface area contributed by atoms with Crippen LogP contribution in [0.3, 0.4) is 0 Å². The third kappa shape index (κ3) is 6.45. The third-order valence-corrected chi connectivity index (χ3v) is 4.45. The van der Waals surface area contributed by atoms with Crippen molar-refractivity contribution >= 4 is 17.5 Å². The predicted octanol–water partition coefficient (Wildman–Crippen LogP) is 4.10. The second kappa shape index (κ2) is 10.8. The number of benzene rings is 2. The molecule has 2 aromatic carbocycles. The summed E-state index contributed by atoms with van der Waals surface area (Å²) in [6.07, 6.45) is 0.965. The van der Waals surface area contributed by atoms with E-state index in [0.717, 1.165) is 17.0 Å². The van der Waals surface area contributed by atoms with Gasteiger partial charge in [0, 0.05) is 24.2 Å². The SMILES string of the molecule is CCNC(=O)COc1ccc(CNC(CC)c2ccc(Cl)cc2)cc1OC. The number of rotatable bonds is 10. The van der Waals surface area contributed by atoms with Gasteiger partial charge >= 0.3 is 0 Å². The van der Waals surface area contributed by atoms with Crippen molar-refractivity contribution in [2.75, 3.05) is 20.3 Å². The van der Waals surface area contributed by atoms with Crippen LogP contribution in [-0.2, 0) is 11.3 Å². The van der Waals surface area contributed by atoms with Gasteiger partial charge in [0.1, 0.15) is 0 Å². The Bertz CT molecular complexity index is 735. The molecule has 0 saturated carbocycles. The Morgan fingerprint density at radius 3 is 2.48 bits per heavy atom. The van der Waals surface area contributed by atoms with Gasteiger partial charge in [-0.15, -0.1) is 0 Å². The maximum Gasteiger partial charge on any atom is 0.257 e. The molecule has 1 unspecified atom stereocenters. The molecule has 0 aliphatic carbocycles. The van der Waals surface area contributed by atoms with Gasteiger partial charge in [-0.25, -0.2) is 0 Å². The first-order valence-electron chi connectivity index (χ1n) is 9.12. The molecule has 0 heterocycles. The highest BCUT2D eigenvalue weighted by molar-refractivity contribution is 6.30. The molecule has 0 spiro atoms. The topological polar surface area (TPSA) is 59.6 Å². The molecule has 6 heteroatoms. The molecule has 2 rings (SSSR count). The van der Waals surface area contributed by atoms with E-state index in [4.69, 9.17) is 21.1 Å². The van der Waals surface area contributed by atoms with Crippen LogP contribution in [-0.4, -0.2) is 26.2 Å². The van der Waals surface area contributed by atoms with Crippen LogP contribution in [0.5, 0.6) is 11.5 Å². The summed E-state index contributed by atoms with van der Waals surface area (Å²) in [5, 5.41) is 6.99. The molecule has 27 heavy (non-hydrogen) atoms. The molecule has 0 fully saturated rings. The minimum absolute atomic E-state index is 0.0315. The van der Waals surface area contributed by atoms with Gasteiger partial charge in [-0.2, -0.15) is 0 Å². The lowest BCUT2D eigenvalue weighted by Crippen LogP contribution is -2.28. The summed E-state index contributed by atoms with van der Waals surface area (Å²) < 4.78 is 11.0. The van der Waals surface area contributed by atoms with E-state index in [0.29, 0.717) is 24.6 Å². The zero-order chi connectivity index (χ0) is 19.6. The lowest BCUT2D eigenvalue weighted by molar-refractivity contribution is -0.123. The molecule has 0 aromatic heterocycles. The highest BCUT2D eigenvalue weighted by atomic mass is 35.5. The van der Waals surface area contributed by atoms with Crippen LogP contribution in [0.1, 0.15) is 37.4 Å². The van der Waals surface area contributed by atoms with Gasteiger partial charge in [0.25, 0.3) is 5.91 Å². The van der Waals surface area contributed by atoms with Crippen molar-refractivity contribution in [1.29, 1.82) is 0 Å². The smallest absolute Gasteiger partial charge is 0.257 e. The molecule has 1 atom stereocenters. The highest BCUT2D eigenvalue weighted by Crippen LogP contribution is 2.28. The van der Waals surface area contributed by atoms with Gasteiger partial charge < -0.3 is 20.1 Å². The molecule has 0 bridgehead atoms. The number of halogens is 1. The van der Waals surface area contributed by atoms with Gasteiger partial charge in [0.2, 0.25) is 0 Å². The molecule has 2 aromatic rings. The fourth-order valence-electron chi connectivity index (χ4n) is 2.77. The van der Waals surface area contributed by atoms with E-state index in [1.165, 1.54) is 5.56 Å². The van der Waals surface area contributed by atoms with Crippen LogP contribution < -0.4 is 20.1 Å². The zero-order valence-electron chi connectivity index (χ0n) is 16.0. The van der Waals surface area contributed by atoms with E-state index < -0.39 is 0 Å². The quantitative estimate of drug-likeness (QED) is 0.641. The Kier molecular flexibility index (Phi) is 8.43. The molecule has 2 N–H and O–H groups in total. The van der Waals surface area contributed by atoms with Crippen LogP contribution in [0.4, 0.5) is 0 Å². The Balaban J connectivity index is 1.99. The first kappa shape index (κ1) is 21.1. The van der Waals surface area contributed by atoms with Gasteiger partial charge in [-0.1, -0.05) is 36.7 Å². The summed E-state index contributed by atoms with van der Waals surface area (Å²) in [7, 11) is 1.59. The monoisotopic (exact) mass is 390 g/mol. The molecule has 1 amide bonds. The number of nitrogens with one attached hydrogen (secondary N) is 2. The summed E-state index contributed by atoms with van der Waals surface area (Å²) in [4.78, 5) is 11.6. The van der Waals surface area contributed by atoms with Gasteiger partial charge in [-0.05, 0) is 48.7 Å². The largest absolute Gasteiger partial charge is 0.493 e. The number of methoxy groups -OCH3 is 1. The third-order valence-electron chi connectivity index (χ3n) is 4.19. The summed E-state index contributed by atoms with van der Waals surface area (Å²) in [6.45, 7) is 5.25. The Hall–Kier alpha value is -2.24. The first-order valence-corrected chi connectivity index (χ1v) is 9.50. The molecule has 146 valence electrons. The summed E-state index contributed by atoms with van der Waals surface area (Å²) >= 11 is 5.97. The number of likely N-dealkylation sites (N-methyl/N-ethyl adjacent to an activating group) is 1. The minimum atomic E-state index is -0.154. The van der Waals surface area contributed by atoms with Crippen LogP contribution >= 0.6 is 11.6 Å². The molecule has 0 aliphatic rings. The van der Waals surface area contributed by atoms with Crippen LogP contribution in [0, 0.1) is 0 Å². The maximum atomic E-state index is 11.6. The number of carbonyl (C=O) groups excluding carboxylic acids is 1. The number of ether oxygens (including phenoxy) is 2. The van der Waals surface area contributed by atoms with E-state index >= 15 is 0 Å². The fraction of sp³-hybridized carbons (Fsp3) is 0.381. The normalized spacial score (nSPS) is 11.7. The van der Waals surface area contributed by atoms with Crippen molar-refractivity contribution in [3.8, 4) is 11.5 Å². The predicted molar refractivity (Wildman–Crippen MR) is 108 cm³/mol. The number of carbonyl (C=O) groups is 1. The van der Waals surface area contributed by atoms with E-state index in [1.54, 1.807) is 7.11 Å². The first-order chi connectivity index (χ1) is 13.1. The van der Waals surface area contributed by atoms with Crippen molar-refractivity contribution in [3.05, 3.63) is 58.6 Å². The van der Waals surface area contributed by atoms with Gasteiger partial charge in [-0.3, -0.25) is 4.79 Å². The van der Waals surface area contributed by atoms with Crippen molar-refractivity contribution in [3.63, 3.8) is 0 Å². The van der Waals surface area contributed by atoms with Crippen LogP contribution in [0.2, 0.25) is 5.02 Å². The summed E-state index contributed by atoms with van der Waals surface area (Å²) in [5.74, 6) is 1.01. The molecule has 5 nitrogen and oxygen atoms in total. The molecular formula is C21H27ClN2O3. The minimum Gasteiger partial charge on any atom is -0.493 e. The average molecular weight is 391 g/mol. The maximum absolute atomic E-state index is 11.6. The van der Waals surface area contributed by atoms with E-state index in [9.17, 15) is 4.79 Å². The van der Waals surface area contributed by atoms with Gasteiger partial charge in [0.15, 0.2) is 18.1 Å². The van der Waals surface area contributed by atoms with Crippen molar-refractivity contribution < 1.29 is 14.3 Å². The molecule has 0 radical (unpaired) electrons. The second-order valence-electron chi connectivity index (χ2n) is 6.12. The highest BCUT2D eigenvalue weighted by Gasteiger charge is 2.11. The van der Waals surface area contributed by atoms with E-state index in [2.05, 4.69) is 17.6 Å².